The van der Waals surface area contributed by atoms with Gasteiger partial charge in [-0.3, -0.25) is 0 Å². The van der Waals surface area contributed by atoms with Crippen molar-refractivity contribution in [3.05, 3.63) is 12.2 Å². The molecule has 0 aromatic rings. The van der Waals surface area contributed by atoms with Gasteiger partial charge in [0.25, 0.3) is 0 Å². The molecular weight excluding hydrogens is 150 g/mol. The molecule has 1 saturated heterocycles. The predicted octanol–water partition coefficient (Wildman–Crippen LogP) is 1.46. The van der Waals surface area contributed by atoms with Crippen molar-refractivity contribution >= 4 is 0 Å². The number of hydrogen-bond acceptors (Lipinski definition) is 2. The van der Waals surface area contributed by atoms with Crippen molar-refractivity contribution in [2.45, 2.75) is 37.9 Å². The van der Waals surface area contributed by atoms with Crippen molar-refractivity contribution in [3.8, 4) is 0 Å². The number of epoxide rings is 1. The molecule has 1 aliphatic heterocycles. The molecule has 0 radical (unpaired) electrons. The lowest BCUT2D eigenvalue weighted by Gasteiger charge is -2.23. The van der Waals surface area contributed by atoms with Gasteiger partial charge < -0.3 is 10.5 Å². The second-order valence-electron chi connectivity index (χ2n) is 4.19. The number of hydrogen-bond donors (Lipinski definition) is 1. The molecule has 0 amide bonds. The molecule has 2 rings (SSSR count). The van der Waals surface area contributed by atoms with Crippen LogP contribution in [-0.4, -0.2) is 18.2 Å². The van der Waals surface area contributed by atoms with E-state index in [-0.39, 0.29) is 5.60 Å². The minimum atomic E-state index is 0.0892. The zero-order chi connectivity index (χ0) is 8.77. The first-order valence-electron chi connectivity index (χ1n) is 4.71. The Kier molecular flexibility index (Phi) is 1.77. The highest BCUT2D eigenvalue weighted by Gasteiger charge is 2.57. The zero-order valence-electron chi connectivity index (χ0n) is 7.68. The van der Waals surface area contributed by atoms with Gasteiger partial charge in [-0.2, -0.15) is 0 Å². The number of rotatable bonds is 2. The highest BCUT2D eigenvalue weighted by Crippen LogP contribution is 2.50. The SMILES string of the molecule is C=C(C)C1CCC2(CN)OC2C1. The van der Waals surface area contributed by atoms with Gasteiger partial charge >= 0.3 is 0 Å². The molecule has 0 bridgehead atoms. The molecule has 0 aromatic heterocycles. The Balaban J connectivity index is 1.96. The summed E-state index contributed by atoms with van der Waals surface area (Å²) in [7, 11) is 0. The number of ether oxygens (including phenoxy) is 1. The minimum Gasteiger partial charge on any atom is -0.365 e. The summed E-state index contributed by atoms with van der Waals surface area (Å²) in [5.74, 6) is 0.678. The first-order valence-corrected chi connectivity index (χ1v) is 4.71. The molecule has 68 valence electrons. The molecule has 12 heavy (non-hydrogen) atoms. The predicted molar refractivity (Wildman–Crippen MR) is 48.8 cm³/mol. The van der Waals surface area contributed by atoms with Crippen LogP contribution in [0.4, 0.5) is 0 Å². The maximum atomic E-state index is 5.65. The van der Waals surface area contributed by atoms with Crippen LogP contribution in [0.5, 0.6) is 0 Å². The topological polar surface area (TPSA) is 38.5 Å². The third-order valence-electron chi connectivity index (χ3n) is 3.36. The minimum absolute atomic E-state index is 0.0892. The van der Waals surface area contributed by atoms with E-state index in [1.54, 1.807) is 0 Å². The van der Waals surface area contributed by atoms with E-state index in [0.29, 0.717) is 18.6 Å². The van der Waals surface area contributed by atoms with Gasteiger partial charge in [-0.25, -0.2) is 0 Å². The Morgan fingerprint density at radius 2 is 2.50 bits per heavy atom. The summed E-state index contributed by atoms with van der Waals surface area (Å²) in [6.45, 7) is 6.80. The van der Waals surface area contributed by atoms with E-state index in [2.05, 4.69) is 13.5 Å². The van der Waals surface area contributed by atoms with Crippen molar-refractivity contribution in [3.63, 3.8) is 0 Å². The smallest absolute Gasteiger partial charge is 0.107 e. The molecule has 2 fully saturated rings. The van der Waals surface area contributed by atoms with Crippen LogP contribution in [0.25, 0.3) is 0 Å². The monoisotopic (exact) mass is 167 g/mol. The third-order valence-corrected chi connectivity index (χ3v) is 3.36. The Morgan fingerprint density at radius 1 is 1.75 bits per heavy atom. The van der Waals surface area contributed by atoms with Crippen molar-refractivity contribution in [1.29, 1.82) is 0 Å². The fourth-order valence-corrected chi connectivity index (χ4v) is 2.26. The Morgan fingerprint density at radius 3 is 3.00 bits per heavy atom. The van der Waals surface area contributed by atoms with E-state index >= 15 is 0 Å². The van der Waals surface area contributed by atoms with Gasteiger partial charge in [-0.05, 0) is 32.1 Å². The molecule has 0 aromatic carbocycles. The lowest BCUT2D eigenvalue weighted by atomic mass is 9.79. The normalized spacial score (nSPS) is 45.2. The highest BCUT2D eigenvalue weighted by molar-refractivity contribution is 5.12. The van der Waals surface area contributed by atoms with Crippen molar-refractivity contribution < 1.29 is 4.74 Å². The molecule has 1 saturated carbocycles. The summed E-state index contributed by atoms with van der Waals surface area (Å²) in [6, 6.07) is 0. The van der Waals surface area contributed by atoms with E-state index in [1.165, 1.54) is 12.0 Å². The van der Waals surface area contributed by atoms with E-state index in [0.717, 1.165) is 12.8 Å². The van der Waals surface area contributed by atoms with Gasteiger partial charge in [0.05, 0.1) is 6.10 Å². The van der Waals surface area contributed by atoms with Gasteiger partial charge in [-0.1, -0.05) is 12.2 Å². The Labute approximate surface area is 73.8 Å². The summed E-state index contributed by atoms with van der Waals surface area (Å²) in [5, 5.41) is 0. The van der Waals surface area contributed by atoms with Crippen LogP contribution in [0, 0.1) is 5.92 Å². The average molecular weight is 167 g/mol. The second-order valence-corrected chi connectivity index (χ2v) is 4.19. The van der Waals surface area contributed by atoms with E-state index in [1.807, 2.05) is 0 Å². The lowest BCUT2D eigenvalue weighted by molar-refractivity contribution is 0.289. The largest absolute Gasteiger partial charge is 0.365 e. The lowest BCUT2D eigenvalue weighted by Crippen LogP contribution is -2.31. The summed E-state index contributed by atoms with van der Waals surface area (Å²) < 4.78 is 5.63. The van der Waals surface area contributed by atoms with Gasteiger partial charge in [0.2, 0.25) is 0 Å². The first kappa shape index (κ1) is 8.27. The maximum absolute atomic E-state index is 5.65. The fourth-order valence-electron chi connectivity index (χ4n) is 2.26. The molecule has 3 unspecified atom stereocenters. The number of fused-ring (bicyclic) bond motifs is 1. The van der Waals surface area contributed by atoms with Crippen LogP contribution in [0.1, 0.15) is 26.2 Å². The Bertz CT molecular complexity index is 214. The van der Waals surface area contributed by atoms with Gasteiger partial charge in [0.1, 0.15) is 5.60 Å². The van der Waals surface area contributed by atoms with Crippen LogP contribution in [0.3, 0.4) is 0 Å². The summed E-state index contributed by atoms with van der Waals surface area (Å²) in [6.07, 6.45) is 3.93. The second kappa shape index (κ2) is 2.57. The molecule has 2 heteroatoms. The molecule has 1 heterocycles. The van der Waals surface area contributed by atoms with Gasteiger partial charge in [0, 0.05) is 6.54 Å². The van der Waals surface area contributed by atoms with Crippen molar-refractivity contribution in [2.75, 3.05) is 6.54 Å². The van der Waals surface area contributed by atoms with E-state index in [9.17, 15) is 0 Å². The molecular formula is C10H17NO. The van der Waals surface area contributed by atoms with Crippen LogP contribution in [0.15, 0.2) is 12.2 Å². The number of nitrogens with two attached hydrogens (primary N) is 1. The van der Waals surface area contributed by atoms with Gasteiger partial charge in [-0.15, -0.1) is 0 Å². The zero-order valence-corrected chi connectivity index (χ0v) is 7.68. The fraction of sp³-hybridized carbons (Fsp3) is 0.800. The molecule has 2 N–H and O–H groups in total. The first-order chi connectivity index (χ1) is 5.68. The maximum Gasteiger partial charge on any atom is 0.107 e. The quantitative estimate of drug-likeness (QED) is 0.499. The molecule has 2 nitrogen and oxygen atoms in total. The standard InChI is InChI=1S/C10H17NO/c1-7(2)8-3-4-10(6-11)9(5-8)12-10/h8-9H,1,3-6,11H2,2H3. The summed E-state index contributed by atoms with van der Waals surface area (Å²) >= 11 is 0. The van der Waals surface area contributed by atoms with Crippen LogP contribution in [0.2, 0.25) is 0 Å². The highest BCUT2D eigenvalue weighted by atomic mass is 16.6. The van der Waals surface area contributed by atoms with Crippen molar-refractivity contribution in [2.24, 2.45) is 11.7 Å². The molecule has 0 spiro atoms. The third kappa shape index (κ3) is 1.10. The molecule has 3 atom stereocenters. The van der Waals surface area contributed by atoms with E-state index < -0.39 is 0 Å². The summed E-state index contributed by atoms with van der Waals surface area (Å²) in [5.41, 5.74) is 7.04. The van der Waals surface area contributed by atoms with Gasteiger partial charge in [0.15, 0.2) is 0 Å². The van der Waals surface area contributed by atoms with Crippen LogP contribution < -0.4 is 5.73 Å². The molecule has 1 aliphatic carbocycles. The molecule has 2 aliphatic rings. The van der Waals surface area contributed by atoms with Crippen LogP contribution >= 0.6 is 0 Å². The van der Waals surface area contributed by atoms with Crippen molar-refractivity contribution in [1.82, 2.24) is 0 Å². The Hall–Kier alpha value is -0.340. The summed E-state index contributed by atoms with van der Waals surface area (Å²) in [4.78, 5) is 0. The van der Waals surface area contributed by atoms with Crippen LogP contribution in [-0.2, 0) is 4.74 Å². The number of allylic oxidation sites excluding steroid dienone is 1. The average Bonchev–Trinajstić information content (AvgIpc) is 2.77. The van der Waals surface area contributed by atoms with E-state index in [4.69, 9.17) is 10.5 Å².